The summed E-state index contributed by atoms with van der Waals surface area (Å²) in [5.41, 5.74) is 6.27. The number of pyridine rings is 1. The largest absolute Gasteiger partial charge is 1.00 e. The Labute approximate surface area is 82.0 Å². The van der Waals surface area contributed by atoms with Gasteiger partial charge in [-0.2, -0.15) is 0 Å². The fraction of sp³-hybridized carbons (Fsp3) is 0.143. The first kappa shape index (κ1) is 11.0. The molecule has 1 aromatic rings. The summed E-state index contributed by atoms with van der Waals surface area (Å²) in [5, 5.41) is 10.3. The van der Waals surface area contributed by atoms with E-state index in [0.29, 0.717) is 11.3 Å². The Balaban J connectivity index is 0.00000121. The minimum atomic E-state index is -1.28. The maximum atomic E-state index is 10.3. The number of carbonyl (C=O) groups excluding carboxylic acids is 1. The average molecular weight is 158 g/mol. The third-order valence-electron chi connectivity index (χ3n) is 1.29. The number of nitrogens with zero attached hydrogens (tertiary/aromatic N) is 1. The molecule has 2 N–H and O–H groups in total. The van der Waals surface area contributed by atoms with Crippen LogP contribution in [0.3, 0.4) is 0 Å². The average Bonchev–Trinajstić information content (AvgIpc) is 1.85. The molecule has 0 unspecified atom stereocenters. The second kappa shape index (κ2) is 4.15. The molecule has 0 saturated carbocycles. The van der Waals surface area contributed by atoms with Crippen molar-refractivity contribution in [3.05, 3.63) is 23.5 Å². The molecule has 1 rings (SSSR count). The molecule has 0 amide bonds. The number of hydrogen-bond donors (Lipinski definition) is 1. The van der Waals surface area contributed by atoms with Crippen LogP contribution in [0.15, 0.2) is 12.3 Å². The molecular formula is C7H7LiN2O2. The second-order valence-electron chi connectivity index (χ2n) is 2.22. The molecule has 4 nitrogen and oxygen atoms in total. The van der Waals surface area contributed by atoms with Crippen molar-refractivity contribution in [3.8, 4) is 0 Å². The number of hydrogen-bond acceptors (Lipinski definition) is 4. The Kier molecular flexibility index (Phi) is 3.81. The van der Waals surface area contributed by atoms with Crippen LogP contribution in [0.25, 0.3) is 0 Å². The standard InChI is InChI=1S/C7H8N2O2.Li/c1-4-2-5(8)3-9-6(4)7(10)11;/h2-3H,8H2,1H3,(H,10,11);/q;+1/p-1. The van der Waals surface area contributed by atoms with E-state index in [1.54, 1.807) is 6.92 Å². The molecule has 0 atom stereocenters. The Bertz CT molecular complexity index is 301. The van der Waals surface area contributed by atoms with Crippen LogP contribution in [0.4, 0.5) is 5.69 Å². The Morgan fingerprint density at radius 2 is 2.25 bits per heavy atom. The van der Waals surface area contributed by atoms with Gasteiger partial charge >= 0.3 is 18.9 Å². The maximum absolute atomic E-state index is 10.3. The summed E-state index contributed by atoms with van der Waals surface area (Å²) in [6.07, 6.45) is 1.29. The van der Waals surface area contributed by atoms with Gasteiger partial charge in [-0.3, -0.25) is 4.98 Å². The molecule has 0 aliphatic rings. The number of aromatic carboxylic acids is 1. The summed E-state index contributed by atoms with van der Waals surface area (Å²) in [6.45, 7) is 1.62. The van der Waals surface area contributed by atoms with Gasteiger partial charge in [0.25, 0.3) is 0 Å². The van der Waals surface area contributed by atoms with Gasteiger partial charge in [0.1, 0.15) is 0 Å². The van der Waals surface area contributed by atoms with Crippen molar-refractivity contribution in [1.29, 1.82) is 0 Å². The van der Waals surface area contributed by atoms with Gasteiger partial charge < -0.3 is 15.6 Å². The Morgan fingerprint density at radius 1 is 1.67 bits per heavy atom. The van der Waals surface area contributed by atoms with Crippen LogP contribution in [0.2, 0.25) is 0 Å². The van der Waals surface area contributed by atoms with E-state index < -0.39 is 5.97 Å². The molecule has 1 heterocycles. The number of anilines is 1. The van der Waals surface area contributed by atoms with E-state index in [1.165, 1.54) is 12.3 Å². The van der Waals surface area contributed by atoms with Crippen LogP contribution in [-0.4, -0.2) is 11.0 Å². The van der Waals surface area contributed by atoms with Crippen LogP contribution in [0, 0.1) is 6.92 Å². The minimum absolute atomic E-state index is 0. The van der Waals surface area contributed by atoms with Crippen molar-refractivity contribution < 1.29 is 28.8 Å². The van der Waals surface area contributed by atoms with Crippen LogP contribution in [0.1, 0.15) is 16.1 Å². The quantitative estimate of drug-likeness (QED) is 0.427. The van der Waals surface area contributed by atoms with E-state index in [-0.39, 0.29) is 24.6 Å². The summed E-state index contributed by atoms with van der Waals surface area (Å²) in [4.78, 5) is 13.9. The molecule has 0 fully saturated rings. The molecule has 0 saturated heterocycles. The SMILES string of the molecule is Cc1cc(N)cnc1C(=O)[O-].[Li+]. The number of aryl methyl sites for hydroxylation is 1. The van der Waals surface area contributed by atoms with Gasteiger partial charge in [0, 0.05) is 0 Å². The topological polar surface area (TPSA) is 79.0 Å². The van der Waals surface area contributed by atoms with E-state index in [4.69, 9.17) is 5.73 Å². The molecule has 0 radical (unpaired) electrons. The van der Waals surface area contributed by atoms with Crippen molar-refractivity contribution in [3.63, 3.8) is 0 Å². The number of carboxylic acids is 1. The van der Waals surface area contributed by atoms with Gasteiger partial charge in [-0.25, -0.2) is 0 Å². The zero-order chi connectivity index (χ0) is 8.43. The van der Waals surface area contributed by atoms with Crippen LogP contribution >= 0.6 is 0 Å². The fourth-order valence-corrected chi connectivity index (χ4v) is 0.810. The maximum Gasteiger partial charge on any atom is 1.00 e. The molecule has 5 heteroatoms. The summed E-state index contributed by atoms with van der Waals surface area (Å²) in [6, 6.07) is 1.54. The normalized spacial score (nSPS) is 8.75. The summed E-state index contributed by atoms with van der Waals surface area (Å²) < 4.78 is 0. The molecule has 0 spiro atoms. The zero-order valence-corrected chi connectivity index (χ0v) is 7.00. The number of carbonyl (C=O) groups is 1. The second-order valence-corrected chi connectivity index (χ2v) is 2.22. The number of carboxylic acid groups (broad SMARTS) is 1. The molecule has 12 heavy (non-hydrogen) atoms. The summed E-state index contributed by atoms with van der Waals surface area (Å²) in [5.74, 6) is -1.28. The van der Waals surface area contributed by atoms with Crippen molar-refractivity contribution in [2.24, 2.45) is 0 Å². The van der Waals surface area contributed by atoms with Gasteiger partial charge in [-0.05, 0) is 18.6 Å². The van der Waals surface area contributed by atoms with E-state index in [9.17, 15) is 9.90 Å². The van der Waals surface area contributed by atoms with Gasteiger partial charge in [-0.1, -0.05) is 0 Å². The van der Waals surface area contributed by atoms with Crippen LogP contribution in [0.5, 0.6) is 0 Å². The van der Waals surface area contributed by atoms with Crippen LogP contribution in [-0.2, 0) is 0 Å². The monoisotopic (exact) mass is 158 g/mol. The first-order chi connectivity index (χ1) is 5.11. The fourth-order valence-electron chi connectivity index (χ4n) is 0.810. The van der Waals surface area contributed by atoms with Crippen LogP contribution < -0.4 is 29.7 Å². The smallest absolute Gasteiger partial charge is 0.543 e. The van der Waals surface area contributed by atoms with Gasteiger partial charge in [0.2, 0.25) is 0 Å². The number of nitrogens with two attached hydrogens (primary N) is 1. The summed E-state index contributed by atoms with van der Waals surface area (Å²) >= 11 is 0. The molecule has 1 aromatic heterocycles. The van der Waals surface area contributed by atoms with Gasteiger partial charge in [0.15, 0.2) is 0 Å². The molecule has 0 aliphatic carbocycles. The molecule has 0 aliphatic heterocycles. The first-order valence-corrected chi connectivity index (χ1v) is 3.04. The van der Waals surface area contributed by atoms with E-state index in [1.807, 2.05) is 0 Å². The minimum Gasteiger partial charge on any atom is -0.543 e. The van der Waals surface area contributed by atoms with Gasteiger partial charge in [0.05, 0.1) is 23.5 Å². The Hall–Kier alpha value is -0.983. The molecular weight excluding hydrogens is 151 g/mol. The van der Waals surface area contributed by atoms with E-state index >= 15 is 0 Å². The number of aromatic nitrogens is 1. The zero-order valence-electron chi connectivity index (χ0n) is 7.00. The Morgan fingerprint density at radius 3 is 2.67 bits per heavy atom. The molecule has 0 aromatic carbocycles. The van der Waals surface area contributed by atoms with E-state index in [0.717, 1.165) is 0 Å². The molecule has 58 valence electrons. The third-order valence-corrected chi connectivity index (χ3v) is 1.29. The summed E-state index contributed by atoms with van der Waals surface area (Å²) in [7, 11) is 0. The van der Waals surface area contributed by atoms with Crippen molar-refractivity contribution >= 4 is 11.7 Å². The predicted octanol–water partition coefficient (Wildman–Crippen LogP) is -3.66. The number of rotatable bonds is 1. The van der Waals surface area contributed by atoms with E-state index in [2.05, 4.69) is 4.98 Å². The van der Waals surface area contributed by atoms with Gasteiger partial charge in [-0.15, -0.1) is 0 Å². The molecule has 0 bridgehead atoms. The van der Waals surface area contributed by atoms with Crippen molar-refractivity contribution in [1.82, 2.24) is 4.98 Å². The number of nitrogen functional groups attached to an aromatic ring is 1. The van der Waals surface area contributed by atoms with Crippen molar-refractivity contribution in [2.45, 2.75) is 6.92 Å². The third kappa shape index (κ3) is 2.26. The first-order valence-electron chi connectivity index (χ1n) is 3.04. The van der Waals surface area contributed by atoms with Crippen molar-refractivity contribution in [2.75, 3.05) is 5.73 Å². The predicted molar refractivity (Wildman–Crippen MR) is 37.7 cm³/mol.